The molecule has 1 aromatic carbocycles. The van der Waals surface area contributed by atoms with E-state index in [1.807, 2.05) is 0 Å². The minimum atomic E-state index is 0. The van der Waals surface area contributed by atoms with Crippen molar-refractivity contribution < 1.29 is 9.47 Å². The van der Waals surface area contributed by atoms with Gasteiger partial charge in [0.05, 0.1) is 14.2 Å². The molecule has 1 aromatic rings. The third kappa shape index (κ3) is 3.93. The smallest absolute Gasteiger partial charge is 0.161 e. The molecule has 23 heavy (non-hydrogen) atoms. The number of benzene rings is 1. The van der Waals surface area contributed by atoms with Gasteiger partial charge in [-0.25, -0.2) is 0 Å². The fraction of sp³-hybridized carbons (Fsp3) is 0.667. The molecule has 2 fully saturated rings. The molecule has 1 N–H and O–H groups in total. The summed E-state index contributed by atoms with van der Waals surface area (Å²) < 4.78 is 10.8. The molecule has 2 unspecified atom stereocenters. The van der Waals surface area contributed by atoms with Gasteiger partial charge in [0, 0.05) is 24.7 Å². The standard InChI is InChI=1S/C18H28N2O2.ClH/c1-12-7-17(21-3)18(22-4)8-13(12)11-20(2)16-9-14-5-6-15(10-16)19-14;/h7-8,14-16,19H,5-6,9-11H2,1-4H3;1H. The van der Waals surface area contributed by atoms with E-state index in [0.717, 1.165) is 30.1 Å². The van der Waals surface area contributed by atoms with Crippen molar-refractivity contribution in [2.24, 2.45) is 0 Å². The molecular weight excluding hydrogens is 312 g/mol. The zero-order valence-electron chi connectivity index (χ0n) is 14.6. The van der Waals surface area contributed by atoms with Gasteiger partial charge >= 0.3 is 0 Å². The van der Waals surface area contributed by atoms with Crippen LogP contribution < -0.4 is 14.8 Å². The Bertz CT molecular complexity index is 526. The topological polar surface area (TPSA) is 33.7 Å². The second-order valence-electron chi connectivity index (χ2n) is 6.81. The average molecular weight is 341 g/mol. The monoisotopic (exact) mass is 340 g/mol. The van der Waals surface area contributed by atoms with Crippen molar-refractivity contribution in [3.63, 3.8) is 0 Å². The van der Waals surface area contributed by atoms with E-state index in [2.05, 4.69) is 36.3 Å². The lowest BCUT2D eigenvalue weighted by molar-refractivity contribution is 0.165. The predicted molar refractivity (Wildman–Crippen MR) is 96.0 cm³/mol. The number of fused-ring (bicyclic) bond motifs is 2. The number of hydrogen-bond donors (Lipinski definition) is 1. The van der Waals surface area contributed by atoms with Gasteiger partial charge in [-0.3, -0.25) is 4.90 Å². The van der Waals surface area contributed by atoms with Crippen LogP contribution in [0.15, 0.2) is 12.1 Å². The van der Waals surface area contributed by atoms with Crippen molar-refractivity contribution in [2.75, 3.05) is 21.3 Å². The van der Waals surface area contributed by atoms with Gasteiger partial charge in [0.15, 0.2) is 11.5 Å². The van der Waals surface area contributed by atoms with Crippen LogP contribution in [0, 0.1) is 6.92 Å². The zero-order valence-corrected chi connectivity index (χ0v) is 15.4. The van der Waals surface area contributed by atoms with Gasteiger partial charge in [-0.05, 0) is 62.9 Å². The Morgan fingerprint density at radius 1 is 1.09 bits per heavy atom. The molecule has 2 saturated heterocycles. The van der Waals surface area contributed by atoms with E-state index >= 15 is 0 Å². The fourth-order valence-corrected chi connectivity index (χ4v) is 3.98. The first kappa shape index (κ1) is 18.4. The second kappa shape index (κ2) is 7.73. The molecule has 0 aliphatic carbocycles. The Kier molecular flexibility index (Phi) is 6.18. The maximum Gasteiger partial charge on any atom is 0.161 e. The van der Waals surface area contributed by atoms with Crippen molar-refractivity contribution in [1.29, 1.82) is 0 Å². The van der Waals surface area contributed by atoms with Crippen molar-refractivity contribution in [2.45, 2.75) is 57.3 Å². The van der Waals surface area contributed by atoms with Crippen LogP contribution >= 0.6 is 12.4 Å². The Morgan fingerprint density at radius 3 is 2.22 bits per heavy atom. The van der Waals surface area contributed by atoms with Crippen LogP contribution in [0.25, 0.3) is 0 Å². The third-order valence-electron chi connectivity index (χ3n) is 5.33. The Balaban J connectivity index is 0.00000192. The lowest BCUT2D eigenvalue weighted by Gasteiger charge is -2.36. The number of hydrogen-bond acceptors (Lipinski definition) is 4. The maximum absolute atomic E-state index is 5.45. The van der Waals surface area contributed by atoms with Crippen LogP contribution in [0.5, 0.6) is 11.5 Å². The molecule has 2 bridgehead atoms. The highest BCUT2D eigenvalue weighted by Gasteiger charge is 2.35. The number of ether oxygens (including phenoxy) is 2. The highest BCUT2D eigenvalue weighted by molar-refractivity contribution is 5.85. The minimum Gasteiger partial charge on any atom is -0.493 e. The van der Waals surface area contributed by atoms with Gasteiger partial charge < -0.3 is 14.8 Å². The Hall–Kier alpha value is -0.970. The molecule has 130 valence electrons. The van der Waals surface area contributed by atoms with E-state index in [4.69, 9.17) is 9.47 Å². The van der Waals surface area contributed by atoms with Crippen molar-refractivity contribution in [1.82, 2.24) is 10.2 Å². The van der Waals surface area contributed by atoms with Gasteiger partial charge in [0.25, 0.3) is 0 Å². The van der Waals surface area contributed by atoms with Crippen LogP contribution in [0.3, 0.4) is 0 Å². The van der Waals surface area contributed by atoms with Gasteiger partial charge in [-0.2, -0.15) is 0 Å². The van der Waals surface area contributed by atoms with Gasteiger partial charge in [-0.15, -0.1) is 12.4 Å². The minimum absolute atomic E-state index is 0. The number of halogens is 1. The molecule has 0 saturated carbocycles. The molecule has 0 aromatic heterocycles. The maximum atomic E-state index is 5.45. The summed E-state index contributed by atoms with van der Waals surface area (Å²) in [5.74, 6) is 1.63. The Morgan fingerprint density at radius 2 is 1.65 bits per heavy atom. The van der Waals surface area contributed by atoms with Crippen molar-refractivity contribution in [3.05, 3.63) is 23.3 Å². The van der Waals surface area contributed by atoms with Crippen LogP contribution in [0.1, 0.15) is 36.8 Å². The summed E-state index contributed by atoms with van der Waals surface area (Å²) in [6.45, 7) is 3.12. The summed E-state index contributed by atoms with van der Waals surface area (Å²) in [5, 5.41) is 3.72. The number of methoxy groups -OCH3 is 2. The molecule has 2 heterocycles. The van der Waals surface area contributed by atoms with Gasteiger partial charge in [0.1, 0.15) is 0 Å². The number of aryl methyl sites for hydroxylation is 1. The summed E-state index contributed by atoms with van der Waals surface area (Å²) in [4.78, 5) is 2.51. The normalized spacial score (nSPS) is 26.0. The number of nitrogens with one attached hydrogen (secondary N) is 1. The van der Waals surface area contributed by atoms with E-state index in [1.54, 1.807) is 14.2 Å². The molecule has 3 rings (SSSR count). The summed E-state index contributed by atoms with van der Waals surface area (Å²) in [6, 6.07) is 6.36. The number of rotatable bonds is 5. The molecule has 4 nitrogen and oxygen atoms in total. The van der Waals surface area contributed by atoms with Crippen molar-refractivity contribution >= 4 is 12.4 Å². The fourth-order valence-electron chi connectivity index (χ4n) is 3.98. The first-order valence-electron chi connectivity index (χ1n) is 8.28. The van der Waals surface area contributed by atoms with Crippen LogP contribution in [-0.2, 0) is 6.54 Å². The summed E-state index contributed by atoms with van der Waals surface area (Å²) in [7, 11) is 5.64. The molecule has 2 aliphatic rings. The van der Waals surface area contributed by atoms with E-state index in [-0.39, 0.29) is 12.4 Å². The van der Waals surface area contributed by atoms with Crippen molar-refractivity contribution in [3.8, 4) is 11.5 Å². The van der Waals surface area contributed by atoms with Gasteiger partial charge in [0.2, 0.25) is 0 Å². The van der Waals surface area contributed by atoms with Crippen LogP contribution in [0.2, 0.25) is 0 Å². The molecule has 0 spiro atoms. The first-order valence-corrected chi connectivity index (χ1v) is 8.28. The van der Waals surface area contributed by atoms with Crippen LogP contribution in [-0.4, -0.2) is 44.3 Å². The molecule has 5 heteroatoms. The molecule has 2 aliphatic heterocycles. The molecule has 0 radical (unpaired) electrons. The lowest BCUT2D eigenvalue weighted by Crippen LogP contribution is -2.46. The summed E-state index contributed by atoms with van der Waals surface area (Å²) >= 11 is 0. The van der Waals surface area contributed by atoms with E-state index in [9.17, 15) is 0 Å². The molecule has 0 amide bonds. The van der Waals surface area contributed by atoms with Gasteiger partial charge in [-0.1, -0.05) is 0 Å². The highest BCUT2D eigenvalue weighted by atomic mass is 35.5. The SMILES string of the molecule is COc1cc(C)c(CN(C)C2CC3CCC(C2)N3)cc1OC.Cl. The Labute approximate surface area is 145 Å². The largest absolute Gasteiger partial charge is 0.493 e. The highest BCUT2D eigenvalue weighted by Crippen LogP contribution is 2.33. The average Bonchev–Trinajstić information content (AvgIpc) is 2.86. The van der Waals surface area contributed by atoms with E-state index in [1.165, 1.54) is 36.8 Å². The molecule has 2 atom stereocenters. The quantitative estimate of drug-likeness (QED) is 0.892. The summed E-state index contributed by atoms with van der Waals surface area (Å²) in [6.07, 6.45) is 5.26. The lowest BCUT2D eigenvalue weighted by atomic mass is 9.97. The number of nitrogens with zero attached hydrogens (tertiary/aromatic N) is 1. The predicted octanol–water partition coefficient (Wildman–Crippen LogP) is 3.15. The first-order chi connectivity index (χ1) is 10.6. The zero-order chi connectivity index (χ0) is 15.7. The second-order valence-corrected chi connectivity index (χ2v) is 6.81. The third-order valence-corrected chi connectivity index (χ3v) is 5.33. The summed E-state index contributed by atoms with van der Waals surface area (Å²) in [5.41, 5.74) is 2.59. The van der Waals surface area contributed by atoms with E-state index < -0.39 is 0 Å². The van der Waals surface area contributed by atoms with Crippen LogP contribution in [0.4, 0.5) is 0 Å². The molecular formula is C18H29ClN2O2. The van der Waals surface area contributed by atoms with E-state index in [0.29, 0.717) is 6.04 Å². The number of piperidine rings is 1.